The van der Waals surface area contributed by atoms with Crippen LogP contribution in [-0.2, 0) is 4.79 Å². The van der Waals surface area contributed by atoms with Crippen LogP contribution in [0.4, 0.5) is 5.69 Å². The van der Waals surface area contributed by atoms with Crippen LogP contribution in [0.25, 0.3) is 0 Å². The molecular formula is C17H14N2O4. The van der Waals surface area contributed by atoms with Gasteiger partial charge in [-0.3, -0.25) is 9.59 Å². The number of Topliss-reactive ketones (excluding diaryl/α,β-unsaturated/α-hetero) is 2. The molecule has 0 spiro atoms. The van der Waals surface area contributed by atoms with E-state index in [9.17, 15) is 14.4 Å². The van der Waals surface area contributed by atoms with E-state index in [1.165, 1.54) is 31.2 Å². The highest BCUT2D eigenvalue weighted by Crippen LogP contribution is 2.16. The second-order valence-electron chi connectivity index (χ2n) is 4.81. The standard InChI is InChI=1S/C17H14N2O4/c1-11(20)15(16(21)12-5-3-2-4-6-12)19-18-14-9-7-13(8-10-14)17(22)23/h2-10,15H,1H3,(H,22,23). The van der Waals surface area contributed by atoms with Crippen molar-refractivity contribution >= 4 is 23.2 Å². The zero-order chi connectivity index (χ0) is 16.8. The molecular weight excluding hydrogens is 296 g/mol. The van der Waals surface area contributed by atoms with E-state index in [2.05, 4.69) is 10.2 Å². The summed E-state index contributed by atoms with van der Waals surface area (Å²) in [6, 6.07) is 12.8. The molecule has 2 aromatic carbocycles. The molecule has 2 rings (SSSR count). The van der Waals surface area contributed by atoms with Gasteiger partial charge in [-0.2, -0.15) is 10.2 Å². The number of nitrogens with zero attached hydrogens (tertiary/aromatic N) is 2. The predicted octanol–water partition coefficient (Wildman–Crippen LogP) is 3.31. The molecule has 0 aliphatic heterocycles. The van der Waals surface area contributed by atoms with E-state index < -0.39 is 23.6 Å². The van der Waals surface area contributed by atoms with E-state index in [1.807, 2.05) is 0 Å². The van der Waals surface area contributed by atoms with Gasteiger partial charge < -0.3 is 5.11 Å². The molecule has 0 radical (unpaired) electrons. The average Bonchev–Trinajstić information content (AvgIpc) is 2.55. The first-order chi connectivity index (χ1) is 11.0. The third kappa shape index (κ3) is 4.16. The summed E-state index contributed by atoms with van der Waals surface area (Å²) in [6.45, 7) is 1.28. The Hall–Kier alpha value is -3.15. The van der Waals surface area contributed by atoms with Crippen LogP contribution in [0.15, 0.2) is 64.8 Å². The zero-order valence-corrected chi connectivity index (χ0v) is 12.3. The Morgan fingerprint density at radius 1 is 0.913 bits per heavy atom. The number of carboxylic acids is 1. The van der Waals surface area contributed by atoms with E-state index in [-0.39, 0.29) is 5.56 Å². The van der Waals surface area contributed by atoms with E-state index in [1.54, 1.807) is 30.3 Å². The molecule has 0 bridgehead atoms. The predicted molar refractivity (Wildman–Crippen MR) is 83.2 cm³/mol. The largest absolute Gasteiger partial charge is 0.478 e. The number of benzene rings is 2. The lowest BCUT2D eigenvalue weighted by molar-refractivity contribution is -0.117. The Bertz CT molecular complexity index is 752. The van der Waals surface area contributed by atoms with Crippen molar-refractivity contribution in [2.45, 2.75) is 13.0 Å². The molecule has 1 atom stereocenters. The molecule has 0 amide bonds. The lowest BCUT2D eigenvalue weighted by Gasteiger charge is -2.06. The molecule has 0 saturated carbocycles. The third-order valence-corrected chi connectivity index (χ3v) is 3.09. The average molecular weight is 310 g/mol. The minimum Gasteiger partial charge on any atom is -0.478 e. The lowest BCUT2D eigenvalue weighted by Crippen LogP contribution is -2.26. The fraction of sp³-hybridized carbons (Fsp3) is 0.118. The monoisotopic (exact) mass is 310 g/mol. The molecule has 0 heterocycles. The van der Waals surface area contributed by atoms with Gasteiger partial charge >= 0.3 is 5.97 Å². The number of ketones is 2. The summed E-state index contributed by atoms with van der Waals surface area (Å²) in [5.74, 6) is -1.89. The molecule has 23 heavy (non-hydrogen) atoms. The zero-order valence-electron chi connectivity index (χ0n) is 12.3. The van der Waals surface area contributed by atoms with Crippen LogP contribution >= 0.6 is 0 Å². The minimum atomic E-state index is -1.21. The number of rotatable bonds is 6. The van der Waals surface area contributed by atoms with Crippen LogP contribution in [0.5, 0.6) is 0 Å². The maximum Gasteiger partial charge on any atom is 0.335 e. The molecule has 1 unspecified atom stereocenters. The van der Waals surface area contributed by atoms with Gasteiger partial charge in [0, 0.05) is 5.56 Å². The number of hydrogen-bond acceptors (Lipinski definition) is 5. The first-order valence-electron chi connectivity index (χ1n) is 6.83. The van der Waals surface area contributed by atoms with Gasteiger partial charge in [-0.25, -0.2) is 4.79 Å². The number of carboxylic acid groups (broad SMARTS) is 1. The highest BCUT2D eigenvalue weighted by Gasteiger charge is 2.24. The van der Waals surface area contributed by atoms with Gasteiger partial charge in [0.15, 0.2) is 17.6 Å². The van der Waals surface area contributed by atoms with E-state index in [4.69, 9.17) is 5.11 Å². The molecule has 0 fully saturated rings. The molecule has 116 valence electrons. The Balaban J connectivity index is 2.20. The second-order valence-corrected chi connectivity index (χ2v) is 4.81. The molecule has 6 heteroatoms. The van der Waals surface area contributed by atoms with Crippen molar-refractivity contribution < 1.29 is 19.5 Å². The first kappa shape index (κ1) is 16.2. The van der Waals surface area contributed by atoms with Gasteiger partial charge in [-0.1, -0.05) is 30.3 Å². The molecule has 2 aromatic rings. The number of carbonyl (C=O) groups excluding carboxylic acids is 2. The quantitative estimate of drug-likeness (QED) is 0.503. The summed E-state index contributed by atoms with van der Waals surface area (Å²) in [6.07, 6.45) is 0. The maximum atomic E-state index is 12.3. The minimum absolute atomic E-state index is 0.118. The smallest absolute Gasteiger partial charge is 0.335 e. The normalized spacial score (nSPS) is 12.0. The van der Waals surface area contributed by atoms with Crippen LogP contribution in [0.3, 0.4) is 0 Å². The van der Waals surface area contributed by atoms with Gasteiger partial charge in [-0.05, 0) is 31.2 Å². The molecule has 1 N–H and O–H groups in total. The van der Waals surface area contributed by atoms with Gasteiger partial charge in [0.25, 0.3) is 0 Å². The fourth-order valence-electron chi connectivity index (χ4n) is 1.87. The van der Waals surface area contributed by atoms with Crippen LogP contribution in [0, 0.1) is 0 Å². The molecule has 0 aliphatic rings. The van der Waals surface area contributed by atoms with Crippen LogP contribution in [-0.4, -0.2) is 28.7 Å². The number of azo groups is 1. The molecule has 0 saturated heterocycles. The Morgan fingerprint density at radius 2 is 1.52 bits per heavy atom. The molecule has 0 aromatic heterocycles. The number of carbonyl (C=O) groups is 3. The van der Waals surface area contributed by atoms with Crippen molar-refractivity contribution in [3.05, 3.63) is 65.7 Å². The summed E-state index contributed by atoms with van der Waals surface area (Å²) in [7, 11) is 0. The van der Waals surface area contributed by atoms with Crippen molar-refractivity contribution in [2.75, 3.05) is 0 Å². The molecule has 0 aliphatic carbocycles. The van der Waals surface area contributed by atoms with Crippen molar-refractivity contribution in [3.63, 3.8) is 0 Å². The van der Waals surface area contributed by atoms with E-state index in [0.29, 0.717) is 11.3 Å². The van der Waals surface area contributed by atoms with Crippen LogP contribution in [0.2, 0.25) is 0 Å². The maximum absolute atomic E-state index is 12.3. The Labute approximate surface area is 132 Å². The topological polar surface area (TPSA) is 96.2 Å². The lowest BCUT2D eigenvalue weighted by atomic mass is 10.0. The fourth-order valence-corrected chi connectivity index (χ4v) is 1.87. The van der Waals surface area contributed by atoms with Gasteiger partial charge in [0.05, 0.1) is 11.3 Å². The summed E-state index contributed by atoms with van der Waals surface area (Å²) in [4.78, 5) is 34.7. The Morgan fingerprint density at radius 3 is 2.04 bits per heavy atom. The highest BCUT2D eigenvalue weighted by atomic mass is 16.4. The van der Waals surface area contributed by atoms with Crippen molar-refractivity contribution in [2.24, 2.45) is 10.2 Å². The Kier molecular flexibility index (Phi) is 5.09. The summed E-state index contributed by atoms with van der Waals surface area (Å²) >= 11 is 0. The van der Waals surface area contributed by atoms with Gasteiger partial charge in [-0.15, -0.1) is 0 Å². The van der Waals surface area contributed by atoms with Gasteiger partial charge in [0.1, 0.15) is 0 Å². The highest BCUT2D eigenvalue weighted by molar-refractivity contribution is 6.13. The summed E-state index contributed by atoms with van der Waals surface area (Å²) < 4.78 is 0. The first-order valence-corrected chi connectivity index (χ1v) is 6.83. The number of hydrogen-bond donors (Lipinski definition) is 1. The second kappa shape index (κ2) is 7.22. The summed E-state index contributed by atoms with van der Waals surface area (Å²) in [5, 5.41) is 16.5. The van der Waals surface area contributed by atoms with E-state index >= 15 is 0 Å². The van der Waals surface area contributed by atoms with E-state index in [0.717, 1.165) is 0 Å². The van der Waals surface area contributed by atoms with Crippen molar-refractivity contribution in [1.29, 1.82) is 0 Å². The van der Waals surface area contributed by atoms with Gasteiger partial charge in [0.2, 0.25) is 0 Å². The number of aromatic carboxylic acids is 1. The summed E-state index contributed by atoms with van der Waals surface area (Å²) in [5.41, 5.74) is 0.863. The SMILES string of the molecule is CC(=O)C(N=Nc1ccc(C(=O)O)cc1)C(=O)c1ccccc1. The van der Waals surface area contributed by atoms with Crippen molar-refractivity contribution in [1.82, 2.24) is 0 Å². The third-order valence-electron chi connectivity index (χ3n) is 3.09. The molecule has 6 nitrogen and oxygen atoms in total. The van der Waals surface area contributed by atoms with Crippen molar-refractivity contribution in [3.8, 4) is 0 Å². The van der Waals surface area contributed by atoms with Crippen LogP contribution < -0.4 is 0 Å². The van der Waals surface area contributed by atoms with Crippen LogP contribution in [0.1, 0.15) is 27.6 Å².